The molecule has 0 bridgehead atoms. The van der Waals surface area contributed by atoms with E-state index in [9.17, 15) is 13.6 Å². The van der Waals surface area contributed by atoms with Gasteiger partial charge in [0.15, 0.2) is 23.0 Å². The Kier molecular flexibility index (Phi) is 8.42. The van der Waals surface area contributed by atoms with Gasteiger partial charge in [-0.05, 0) is 42.3 Å². The number of alkyl halides is 2. The average molecular weight is 479 g/mol. The lowest BCUT2D eigenvalue weighted by molar-refractivity contribution is -0.120. The molecule has 1 heterocycles. The van der Waals surface area contributed by atoms with Crippen molar-refractivity contribution in [1.82, 2.24) is 10.3 Å². The van der Waals surface area contributed by atoms with E-state index in [1.54, 1.807) is 32.4 Å². The fourth-order valence-corrected chi connectivity index (χ4v) is 3.94. The third-order valence-corrected chi connectivity index (χ3v) is 5.64. The van der Waals surface area contributed by atoms with Crippen molar-refractivity contribution >= 4 is 17.2 Å². The standard InChI is InChI=1S/C23H24F2N2O5S/c1-29-17-7-5-15(11-19(17)31-3)22-27-16(13-33-22)12-21(28)26-9-8-14-4-6-18(30-2)20(10-14)32-23(24)25/h4-7,10-11,13,23H,8-9,12H2,1-3H3,(H,26,28). The van der Waals surface area contributed by atoms with Crippen LogP contribution in [0.3, 0.4) is 0 Å². The molecule has 33 heavy (non-hydrogen) atoms. The van der Waals surface area contributed by atoms with Crippen LogP contribution < -0.4 is 24.3 Å². The van der Waals surface area contributed by atoms with Crippen molar-refractivity contribution < 1.29 is 32.5 Å². The van der Waals surface area contributed by atoms with Crippen molar-refractivity contribution in [3.63, 3.8) is 0 Å². The minimum absolute atomic E-state index is 0.0403. The topological polar surface area (TPSA) is 78.9 Å². The van der Waals surface area contributed by atoms with Crippen LogP contribution in [-0.4, -0.2) is 45.4 Å². The molecule has 10 heteroatoms. The van der Waals surface area contributed by atoms with E-state index in [-0.39, 0.29) is 23.8 Å². The molecule has 3 aromatic rings. The summed E-state index contributed by atoms with van der Waals surface area (Å²) in [6.45, 7) is -2.61. The van der Waals surface area contributed by atoms with Crippen LogP contribution in [0.15, 0.2) is 41.8 Å². The van der Waals surface area contributed by atoms with E-state index in [1.807, 2.05) is 17.5 Å². The number of ether oxygens (including phenoxy) is 4. The van der Waals surface area contributed by atoms with Crippen molar-refractivity contribution in [3.05, 3.63) is 53.0 Å². The number of aromatic nitrogens is 1. The number of benzene rings is 2. The van der Waals surface area contributed by atoms with Gasteiger partial charge >= 0.3 is 6.61 Å². The number of carbonyl (C=O) groups excluding carboxylic acids is 1. The second-order valence-electron chi connectivity index (χ2n) is 6.85. The summed E-state index contributed by atoms with van der Waals surface area (Å²) in [7, 11) is 4.52. The zero-order chi connectivity index (χ0) is 23.8. The van der Waals surface area contributed by atoms with Crippen LogP contribution in [0.25, 0.3) is 10.6 Å². The van der Waals surface area contributed by atoms with Gasteiger partial charge in [0.05, 0.1) is 33.4 Å². The van der Waals surface area contributed by atoms with E-state index in [2.05, 4.69) is 15.0 Å². The Morgan fingerprint density at radius 2 is 1.70 bits per heavy atom. The number of methoxy groups -OCH3 is 3. The van der Waals surface area contributed by atoms with Crippen LogP contribution in [0.1, 0.15) is 11.3 Å². The SMILES string of the molecule is COc1ccc(-c2nc(CC(=O)NCCc3ccc(OC)c(OC(F)F)c3)cs2)cc1OC. The predicted octanol–water partition coefficient (Wildman–Crippen LogP) is 4.34. The highest BCUT2D eigenvalue weighted by Gasteiger charge is 2.13. The minimum atomic E-state index is -2.95. The second-order valence-corrected chi connectivity index (χ2v) is 7.71. The Bertz CT molecular complexity index is 1090. The maximum atomic E-state index is 12.6. The fourth-order valence-electron chi connectivity index (χ4n) is 3.13. The molecule has 0 fully saturated rings. The van der Waals surface area contributed by atoms with Crippen LogP contribution in [0.2, 0.25) is 0 Å². The van der Waals surface area contributed by atoms with E-state index >= 15 is 0 Å². The highest BCUT2D eigenvalue weighted by atomic mass is 32.1. The van der Waals surface area contributed by atoms with Gasteiger partial charge in [-0.2, -0.15) is 8.78 Å². The third-order valence-electron chi connectivity index (χ3n) is 4.70. The van der Waals surface area contributed by atoms with E-state index in [0.29, 0.717) is 30.2 Å². The number of halogens is 2. The lowest BCUT2D eigenvalue weighted by Crippen LogP contribution is -2.27. The second kappa shape index (κ2) is 11.5. The maximum absolute atomic E-state index is 12.6. The first-order valence-electron chi connectivity index (χ1n) is 9.98. The van der Waals surface area contributed by atoms with Gasteiger partial charge in [-0.25, -0.2) is 4.98 Å². The molecule has 3 rings (SSSR count). The van der Waals surface area contributed by atoms with Crippen molar-refractivity contribution in [1.29, 1.82) is 0 Å². The number of hydrogen-bond acceptors (Lipinski definition) is 7. The molecular formula is C23H24F2N2O5S. The molecular weight excluding hydrogens is 454 g/mol. The largest absolute Gasteiger partial charge is 0.493 e. The summed E-state index contributed by atoms with van der Waals surface area (Å²) in [4.78, 5) is 16.9. The van der Waals surface area contributed by atoms with Gasteiger partial charge in [-0.1, -0.05) is 6.07 Å². The van der Waals surface area contributed by atoms with Crippen LogP contribution in [0.5, 0.6) is 23.0 Å². The van der Waals surface area contributed by atoms with Crippen LogP contribution in [0.4, 0.5) is 8.78 Å². The van der Waals surface area contributed by atoms with Gasteiger partial charge < -0.3 is 24.3 Å². The summed E-state index contributed by atoms with van der Waals surface area (Å²) in [5.41, 5.74) is 2.25. The number of nitrogens with one attached hydrogen (secondary N) is 1. The maximum Gasteiger partial charge on any atom is 0.387 e. The van der Waals surface area contributed by atoms with Gasteiger partial charge in [0.1, 0.15) is 5.01 Å². The van der Waals surface area contributed by atoms with Gasteiger partial charge in [0, 0.05) is 17.5 Å². The van der Waals surface area contributed by atoms with Crippen LogP contribution >= 0.6 is 11.3 Å². The van der Waals surface area contributed by atoms with Crippen molar-refractivity contribution in [3.8, 4) is 33.6 Å². The Hall–Kier alpha value is -3.40. The number of nitrogens with zero attached hydrogens (tertiary/aromatic N) is 1. The summed E-state index contributed by atoms with van der Waals surface area (Å²) in [6.07, 6.45) is 0.579. The number of amides is 1. The molecule has 0 saturated heterocycles. The molecule has 0 aliphatic heterocycles. The molecule has 0 aliphatic carbocycles. The monoisotopic (exact) mass is 478 g/mol. The molecule has 0 unspecified atom stereocenters. The average Bonchev–Trinajstić information content (AvgIpc) is 3.26. The first-order chi connectivity index (χ1) is 15.9. The van der Waals surface area contributed by atoms with Crippen molar-refractivity contribution in [2.24, 2.45) is 0 Å². The zero-order valence-corrected chi connectivity index (χ0v) is 19.2. The third kappa shape index (κ3) is 6.55. The minimum Gasteiger partial charge on any atom is -0.493 e. The van der Waals surface area contributed by atoms with E-state index in [0.717, 1.165) is 16.1 Å². The Morgan fingerprint density at radius 3 is 2.39 bits per heavy atom. The normalized spacial score (nSPS) is 10.7. The molecule has 0 atom stereocenters. The predicted molar refractivity (Wildman–Crippen MR) is 121 cm³/mol. The molecule has 1 aromatic heterocycles. The van der Waals surface area contributed by atoms with E-state index in [1.165, 1.54) is 24.5 Å². The van der Waals surface area contributed by atoms with Crippen LogP contribution in [0, 0.1) is 0 Å². The molecule has 0 saturated carbocycles. The number of hydrogen-bond donors (Lipinski definition) is 1. The number of thiazole rings is 1. The summed E-state index contributed by atoms with van der Waals surface area (Å²) < 4.78 is 45.2. The summed E-state index contributed by atoms with van der Waals surface area (Å²) in [5.74, 6) is 1.22. The fraction of sp³-hybridized carbons (Fsp3) is 0.304. The van der Waals surface area contributed by atoms with Crippen LogP contribution in [-0.2, 0) is 17.6 Å². The molecule has 7 nitrogen and oxygen atoms in total. The Balaban J connectivity index is 1.55. The quantitative estimate of drug-likeness (QED) is 0.442. The summed E-state index contributed by atoms with van der Waals surface area (Å²) in [6, 6.07) is 10.3. The van der Waals surface area contributed by atoms with Gasteiger partial charge in [-0.3, -0.25) is 4.79 Å². The molecule has 0 spiro atoms. The number of carbonyl (C=O) groups is 1. The molecule has 0 aliphatic rings. The molecule has 176 valence electrons. The van der Waals surface area contributed by atoms with Gasteiger partial charge in [0.2, 0.25) is 5.91 Å². The van der Waals surface area contributed by atoms with E-state index < -0.39 is 6.61 Å². The Labute approximate surface area is 194 Å². The summed E-state index contributed by atoms with van der Waals surface area (Å²) >= 11 is 1.43. The highest BCUT2D eigenvalue weighted by molar-refractivity contribution is 7.13. The van der Waals surface area contributed by atoms with Gasteiger partial charge in [0.25, 0.3) is 0 Å². The van der Waals surface area contributed by atoms with Crippen molar-refractivity contribution in [2.75, 3.05) is 27.9 Å². The first kappa shape index (κ1) is 24.2. The number of rotatable bonds is 11. The smallest absolute Gasteiger partial charge is 0.387 e. The van der Waals surface area contributed by atoms with Gasteiger partial charge in [-0.15, -0.1) is 11.3 Å². The van der Waals surface area contributed by atoms with E-state index in [4.69, 9.17) is 14.2 Å². The first-order valence-corrected chi connectivity index (χ1v) is 10.9. The Morgan fingerprint density at radius 1 is 1.00 bits per heavy atom. The highest BCUT2D eigenvalue weighted by Crippen LogP contribution is 2.33. The molecule has 1 N–H and O–H groups in total. The molecule has 0 radical (unpaired) electrons. The van der Waals surface area contributed by atoms with Crippen molar-refractivity contribution in [2.45, 2.75) is 19.5 Å². The molecule has 1 amide bonds. The zero-order valence-electron chi connectivity index (χ0n) is 18.4. The molecule has 2 aromatic carbocycles. The lowest BCUT2D eigenvalue weighted by Gasteiger charge is -2.11. The summed E-state index contributed by atoms with van der Waals surface area (Å²) in [5, 5.41) is 5.42. The lowest BCUT2D eigenvalue weighted by atomic mass is 10.1.